The van der Waals surface area contributed by atoms with Crippen LogP contribution in [0.4, 0.5) is 0 Å². The van der Waals surface area contributed by atoms with E-state index >= 15 is 0 Å². The molecule has 1 aromatic rings. The first kappa shape index (κ1) is 15.7. The van der Waals surface area contributed by atoms with E-state index in [4.69, 9.17) is 10.8 Å². The Labute approximate surface area is 117 Å². The number of carboxylic acid groups (broad SMARTS) is 1. The highest BCUT2D eigenvalue weighted by molar-refractivity contribution is 5.96. The minimum atomic E-state index is -1.19. The molecule has 108 valence electrons. The molecule has 2 amide bonds. The second-order valence-electron chi connectivity index (χ2n) is 4.42. The van der Waals surface area contributed by atoms with Crippen LogP contribution < -0.4 is 11.1 Å². The van der Waals surface area contributed by atoms with E-state index in [1.54, 1.807) is 12.1 Å². The number of nitrogens with two attached hydrogens (primary N) is 1. The van der Waals surface area contributed by atoms with Gasteiger partial charge in [0.1, 0.15) is 6.04 Å². The van der Waals surface area contributed by atoms with Gasteiger partial charge in [-0.3, -0.25) is 9.59 Å². The van der Waals surface area contributed by atoms with Crippen LogP contribution in [0.1, 0.15) is 35.7 Å². The Morgan fingerprint density at radius 1 is 1.25 bits per heavy atom. The predicted molar refractivity (Wildman–Crippen MR) is 73.1 cm³/mol. The van der Waals surface area contributed by atoms with E-state index in [9.17, 15) is 14.4 Å². The maximum Gasteiger partial charge on any atom is 0.326 e. The second kappa shape index (κ2) is 7.28. The minimum Gasteiger partial charge on any atom is -0.480 e. The zero-order valence-corrected chi connectivity index (χ0v) is 11.3. The summed E-state index contributed by atoms with van der Waals surface area (Å²) >= 11 is 0. The van der Waals surface area contributed by atoms with Gasteiger partial charge >= 0.3 is 5.97 Å². The van der Waals surface area contributed by atoms with Crippen molar-refractivity contribution in [3.63, 3.8) is 0 Å². The van der Waals surface area contributed by atoms with Crippen molar-refractivity contribution in [2.45, 2.75) is 32.2 Å². The summed E-state index contributed by atoms with van der Waals surface area (Å²) in [6, 6.07) is 5.78. The molecule has 0 bridgehead atoms. The third kappa shape index (κ3) is 4.72. The van der Waals surface area contributed by atoms with Gasteiger partial charge in [-0.05, 0) is 30.5 Å². The number of carbonyl (C=O) groups is 3. The third-order valence-electron chi connectivity index (χ3n) is 2.91. The Kier molecular flexibility index (Phi) is 5.71. The molecule has 0 heterocycles. The Morgan fingerprint density at radius 3 is 2.30 bits per heavy atom. The van der Waals surface area contributed by atoms with E-state index < -0.39 is 23.8 Å². The molecule has 6 heteroatoms. The number of hydrogen-bond donors (Lipinski definition) is 3. The molecular weight excluding hydrogens is 260 g/mol. The Morgan fingerprint density at radius 2 is 1.85 bits per heavy atom. The van der Waals surface area contributed by atoms with Gasteiger partial charge in [0, 0.05) is 12.0 Å². The first-order chi connectivity index (χ1) is 9.43. The molecule has 4 N–H and O–H groups in total. The average Bonchev–Trinajstić information content (AvgIpc) is 2.42. The fraction of sp³-hybridized carbons (Fsp3) is 0.357. The van der Waals surface area contributed by atoms with Gasteiger partial charge in [-0.15, -0.1) is 0 Å². The fourth-order valence-corrected chi connectivity index (χ4v) is 1.68. The van der Waals surface area contributed by atoms with Gasteiger partial charge in [0.15, 0.2) is 0 Å². The normalized spacial score (nSPS) is 11.7. The molecule has 0 aliphatic rings. The SMILES string of the molecule is CCc1ccc(C(=O)NC(CCC(N)=O)C(=O)O)cc1. The van der Waals surface area contributed by atoms with E-state index in [0.29, 0.717) is 5.56 Å². The maximum atomic E-state index is 11.9. The van der Waals surface area contributed by atoms with Crippen molar-refractivity contribution in [2.24, 2.45) is 5.73 Å². The highest BCUT2D eigenvalue weighted by Crippen LogP contribution is 2.06. The van der Waals surface area contributed by atoms with Gasteiger partial charge in [-0.2, -0.15) is 0 Å². The lowest BCUT2D eigenvalue weighted by molar-refractivity contribution is -0.139. The number of rotatable bonds is 7. The summed E-state index contributed by atoms with van der Waals surface area (Å²) in [6.07, 6.45) is 0.744. The van der Waals surface area contributed by atoms with Crippen LogP contribution in [0.3, 0.4) is 0 Å². The molecule has 0 aromatic heterocycles. The van der Waals surface area contributed by atoms with E-state index in [1.807, 2.05) is 19.1 Å². The van der Waals surface area contributed by atoms with Gasteiger partial charge in [0.25, 0.3) is 5.91 Å². The number of aliphatic carboxylic acids is 1. The molecule has 0 saturated heterocycles. The highest BCUT2D eigenvalue weighted by Gasteiger charge is 2.21. The zero-order valence-electron chi connectivity index (χ0n) is 11.3. The third-order valence-corrected chi connectivity index (χ3v) is 2.91. The van der Waals surface area contributed by atoms with E-state index in [-0.39, 0.29) is 12.8 Å². The minimum absolute atomic E-state index is 0.0244. The molecule has 0 aliphatic carbocycles. The van der Waals surface area contributed by atoms with Crippen LogP contribution >= 0.6 is 0 Å². The first-order valence-electron chi connectivity index (χ1n) is 6.35. The molecule has 0 spiro atoms. The molecule has 6 nitrogen and oxygen atoms in total. The zero-order chi connectivity index (χ0) is 15.1. The van der Waals surface area contributed by atoms with Crippen LogP contribution in [0.5, 0.6) is 0 Å². The molecule has 20 heavy (non-hydrogen) atoms. The summed E-state index contributed by atoms with van der Waals surface area (Å²) in [5, 5.41) is 11.4. The van der Waals surface area contributed by atoms with Crippen LogP contribution in [0.15, 0.2) is 24.3 Å². The molecule has 0 aliphatic heterocycles. The molecule has 1 aromatic carbocycles. The summed E-state index contributed by atoms with van der Waals surface area (Å²) in [6.45, 7) is 2.00. The van der Waals surface area contributed by atoms with E-state index in [0.717, 1.165) is 12.0 Å². The Hall–Kier alpha value is -2.37. The standard InChI is InChI=1S/C14H18N2O4/c1-2-9-3-5-10(6-4-9)13(18)16-11(14(19)20)7-8-12(15)17/h3-6,11H,2,7-8H2,1H3,(H2,15,17)(H,16,18)(H,19,20). The quantitative estimate of drug-likeness (QED) is 0.681. The summed E-state index contributed by atoms with van der Waals surface area (Å²) in [7, 11) is 0. The monoisotopic (exact) mass is 278 g/mol. The number of carbonyl (C=O) groups excluding carboxylic acids is 2. The summed E-state index contributed by atoms with van der Waals surface area (Å²) in [4.78, 5) is 33.6. The smallest absolute Gasteiger partial charge is 0.326 e. The van der Waals surface area contributed by atoms with Crippen molar-refractivity contribution in [2.75, 3.05) is 0 Å². The van der Waals surface area contributed by atoms with E-state index in [1.165, 1.54) is 0 Å². The van der Waals surface area contributed by atoms with E-state index in [2.05, 4.69) is 5.32 Å². The summed E-state index contributed by atoms with van der Waals surface area (Å²) < 4.78 is 0. The maximum absolute atomic E-state index is 11.9. The number of amides is 2. The molecular formula is C14H18N2O4. The van der Waals surface area contributed by atoms with Crippen molar-refractivity contribution in [3.8, 4) is 0 Å². The molecule has 0 fully saturated rings. The molecule has 1 rings (SSSR count). The predicted octanol–water partition coefficient (Wildman–Crippen LogP) is 0.698. The van der Waals surface area contributed by atoms with Crippen LogP contribution in [0.2, 0.25) is 0 Å². The van der Waals surface area contributed by atoms with Crippen molar-refractivity contribution in [1.82, 2.24) is 5.32 Å². The number of hydrogen-bond acceptors (Lipinski definition) is 3. The van der Waals surface area contributed by atoms with Crippen molar-refractivity contribution in [1.29, 1.82) is 0 Å². The van der Waals surface area contributed by atoms with Crippen molar-refractivity contribution >= 4 is 17.8 Å². The summed E-state index contributed by atoms with van der Waals surface area (Å²) in [5.74, 6) is -2.27. The van der Waals surface area contributed by atoms with Gasteiger partial charge in [-0.1, -0.05) is 19.1 Å². The number of primary amides is 1. The molecule has 1 unspecified atom stereocenters. The Balaban J connectivity index is 2.69. The average molecular weight is 278 g/mol. The molecule has 0 saturated carbocycles. The second-order valence-corrected chi connectivity index (χ2v) is 4.42. The topological polar surface area (TPSA) is 109 Å². The van der Waals surface area contributed by atoms with Gasteiger partial charge < -0.3 is 16.2 Å². The number of nitrogens with one attached hydrogen (secondary N) is 1. The molecule has 1 atom stereocenters. The molecule has 0 radical (unpaired) electrons. The van der Waals surface area contributed by atoms with Gasteiger partial charge in [-0.25, -0.2) is 4.79 Å². The van der Waals surface area contributed by atoms with Gasteiger partial charge in [0.05, 0.1) is 0 Å². The Bertz CT molecular complexity index is 496. The van der Waals surface area contributed by atoms with Crippen molar-refractivity contribution < 1.29 is 19.5 Å². The largest absolute Gasteiger partial charge is 0.480 e. The highest BCUT2D eigenvalue weighted by atomic mass is 16.4. The number of benzene rings is 1. The summed E-state index contributed by atoms with van der Waals surface area (Å²) in [5.41, 5.74) is 6.44. The first-order valence-corrected chi connectivity index (χ1v) is 6.35. The van der Waals surface area contributed by atoms with Crippen LogP contribution in [0, 0.1) is 0 Å². The van der Waals surface area contributed by atoms with Crippen LogP contribution in [-0.2, 0) is 16.0 Å². The number of carboxylic acids is 1. The van der Waals surface area contributed by atoms with Gasteiger partial charge in [0.2, 0.25) is 5.91 Å². The van der Waals surface area contributed by atoms with Crippen LogP contribution in [-0.4, -0.2) is 28.9 Å². The number of aryl methyl sites for hydroxylation is 1. The fourth-order valence-electron chi connectivity index (χ4n) is 1.68. The lowest BCUT2D eigenvalue weighted by Crippen LogP contribution is -2.41. The van der Waals surface area contributed by atoms with Crippen molar-refractivity contribution in [3.05, 3.63) is 35.4 Å². The lowest BCUT2D eigenvalue weighted by atomic mass is 10.1. The van der Waals surface area contributed by atoms with Crippen LogP contribution in [0.25, 0.3) is 0 Å². The lowest BCUT2D eigenvalue weighted by Gasteiger charge is -2.13.